The van der Waals surface area contributed by atoms with Gasteiger partial charge in [0.25, 0.3) is 11.8 Å². The second-order valence-corrected chi connectivity index (χ2v) is 30.0. The zero-order chi connectivity index (χ0) is 87.5. The van der Waals surface area contributed by atoms with Gasteiger partial charge in [0, 0.05) is 30.1 Å². The third kappa shape index (κ3) is 42.5. The van der Waals surface area contributed by atoms with Crippen LogP contribution in [0.1, 0.15) is 203 Å². The van der Waals surface area contributed by atoms with Gasteiger partial charge in [-0.05, 0) is 275 Å². The first-order valence-electron chi connectivity index (χ1n) is 41.8. The number of hydrogen-bond acceptors (Lipinski definition) is 9. The molecular formula is C108H119BrN2O13. The Balaban J connectivity index is 0.000000263. The monoisotopic (exact) mass is 1730 g/mol. The lowest BCUT2D eigenvalue weighted by atomic mass is 10.0. The van der Waals surface area contributed by atoms with Crippen molar-refractivity contribution in [1.82, 2.24) is 11.0 Å². The average molecular weight is 1730 g/mol. The van der Waals surface area contributed by atoms with Crippen molar-refractivity contribution in [3.63, 3.8) is 0 Å². The van der Waals surface area contributed by atoms with Crippen molar-refractivity contribution in [2.75, 3.05) is 6.61 Å². The first-order valence-corrected chi connectivity index (χ1v) is 42.6. The van der Waals surface area contributed by atoms with Crippen molar-refractivity contribution < 1.29 is 65.4 Å². The molecule has 1 atom stereocenters. The quantitative estimate of drug-likeness (QED) is 0.00860. The molecule has 0 aliphatic carbocycles. The third-order valence-corrected chi connectivity index (χ3v) is 20.2. The molecule has 12 aromatic carbocycles. The molecule has 1 heterocycles. The summed E-state index contributed by atoms with van der Waals surface area (Å²) in [6.07, 6.45) is 32.1. The number of hydrogen-bond donors (Lipinski definition) is 7. The molecule has 1 saturated heterocycles. The van der Waals surface area contributed by atoms with Crippen LogP contribution in [-0.4, -0.2) is 74.2 Å². The van der Waals surface area contributed by atoms with Gasteiger partial charge in [0.2, 0.25) is 0 Å². The average Bonchev–Trinajstić information content (AvgIpc) is 0.959. The molecule has 0 radical (unpaired) electrons. The zero-order valence-electron chi connectivity index (χ0n) is 69.8. The first-order chi connectivity index (χ1) is 60.0. The molecule has 2 amide bonds. The highest BCUT2D eigenvalue weighted by molar-refractivity contribution is 9.10. The molecule has 16 heteroatoms. The van der Waals surface area contributed by atoms with Crippen LogP contribution >= 0.6 is 15.9 Å². The molecule has 124 heavy (non-hydrogen) atoms. The van der Waals surface area contributed by atoms with Crippen molar-refractivity contribution in [2.45, 2.75) is 149 Å². The number of unbranched alkanes of at least 4 members (excludes halogenated alkanes) is 3. The van der Waals surface area contributed by atoms with E-state index in [2.05, 4.69) is 174 Å². The zero-order valence-corrected chi connectivity index (χ0v) is 71.4. The Labute approximate surface area is 742 Å². The van der Waals surface area contributed by atoms with Crippen molar-refractivity contribution in [1.29, 1.82) is 0 Å². The molecule has 0 aromatic heterocycles. The molecule has 1 aliphatic heterocycles. The Morgan fingerprint density at radius 3 is 0.960 bits per heavy atom. The van der Waals surface area contributed by atoms with Crippen LogP contribution in [0.15, 0.2) is 363 Å². The highest BCUT2D eigenvalue weighted by atomic mass is 79.9. The lowest BCUT2D eigenvalue weighted by Gasteiger charge is -2.22. The number of hydroxylamine groups is 2. The van der Waals surface area contributed by atoms with Gasteiger partial charge >= 0.3 is 23.9 Å². The summed E-state index contributed by atoms with van der Waals surface area (Å²) in [7, 11) is 0. The second kappa shape index (κ2) is 60.5. The number of carboxylic acids is 4. The number of nitrogens with one attached hydrogen (secondary N) is 2. The molecule has 0 saturated carbocycles. The maximum Gasteiger partial charge on any atom is 0.335 e. The number of carboxylic acid groups (broad SMARTS) is 4. The molecule has 15 nitrogen and oxygen atoms in total. The van der Waals surface area contributed by atoms with E-state index in [1.807, 2.05) is 140 Å². The van der Waals surface area contributed by atoms with Crippen LogP contribution in [-0.2, 0) is 73.8 Å². The van der Waals surface area contributed by atoms with Crippen molar-refractivity contribution in [2.24, 2.45) is 0 Å². The molecule has 13 rings (SSSR count). The molecule has 1 aliphatic rings. The van der Waals surface area contributed by atoms with Gasteiger partial charge in [-0.15, -0.1) is 6.58 Å². The lowest BCUT2D eigenvalue weighted by molar-refractivity contribution is -0.186. The molecule has 1 unspecified atom stereocenters. The van der Waals surface area contributed by atoms with E-state index in [4.69, 9.17) is 35.2 Å². The fourth-order valence-electron chi connectivity index (χ4n) is 12.6. The van der Waals surface area contributed by atoms with Crippen LogP contribution < -0.4 is 11.0 Å². The van der Waals surface area contributed by atoms with Crippen molar-refractivity contribution >= 4 is 57.7 Å². The largest absolute Gasteiger partial charge is 0.478 e. The number of allylic oxidation sites excluding steroid dienone is 4. The minimum Gasteiger partial charge on any atom is -0.478 e. The molecule has 0 spiro atoms. The highest BCUT2D eigenvalue weighted by Gasteiger charge is 2.17. The van der Waals surface area contributed by atoms with Crippen LogP contribution in [0.5, 0.6) is 0 Å². The fourth-order valence-corrected chi connectivity index (χ4v) is 12.9. The summed E-state index contributed by atoms with van der Waals surface area (Å²) in [6.45, 7) is 4.37. The smallest absolute Gasteiger partial charge is 0.335 e. The minimum atomic E-state index is -0.896. The van der Waals surface area contributed by atoms with Crippen LogP contribution in [0.25, 0.3) is 6.08 Å². The van der Waals surface area contributed by atoms with E-state index in [1.54, 1.807) is 78.3 Å². The third-order valence-electron chi connectivity index (χ3n) is 19.6. The number of benzene rings is 12. The second-order valence-electron chi connectivity index (χ2n) is 29.1. The number of carbonyl (C=O) groups is 6. The highest BCUT2D eigenvalue weighted by Crippen LogP contribution is 2.19. The van der Waals surface area contributed by atoms with E-state index in [-0.39, 0.29) is 21.1 Å². The van der Waals surface area contributed by atoms with E-state index in [0.29, 0.717) is 40.0 Å². The van der Waals surface area contributed by atoms with E-state index >= 15 is 0 Å². The van der Waals surface area contributed by atoms with Gasteiger partial charge < -0.3 is 25.2 Å². The van der Waals surface area contributed by atoms with Crippen LogP contribution in [0.4, 0.5) is 0 Å². The summed E-state index contributed by atoms with van der Waals surface area (Å²) < 4.78 is 6.32. The number of ether oxygens (including phenoxy) is 1. The van der Waals surface area contributed by atoms with E-state index in [0.717, 1.165) is 144 Å². The van der Waals surface area contributed by atoms with E-state index in [1.165, 1.54) is 56.5 Å². The number of carbonyl (C=O) groups excluding carboxylic acids is 2. The van der Waals surface area contributed by atoms with Gasteiger partial charge in [-0.3, -0.25) is 14.8 Å². The van der Waals surface area contributed by atoms with Crippen LogP contribution in [0.2, 0.25) is 0 Å². The Bertz CT molecular complexity index is 5020. The van der Waals surface area contributed by atoms with Gasteiger partial charge in [-0.2, -0.15) is 0 Å². The number of rotatable bonds is 34. The van der Waals surface area contributed by atoms with Crippen molar-refractivity contribution in [3.8, 4) is 0 Å². The predicted molar refractivity (Wildman–Crippen MR) is 505 cm³/mol. The molecule has 7 N–H and O–H groups in total. The fraction of sp³-hybridized carbons (Fsp3) is 0.222. The van der Waals surface area contributed by atoms with Gasteiger partial charge in [0.1, 0.15) is 0 Å². The lowest BCUT2D eigenvalue weighted by Crippen LogP contribution is -2.33. The van der Waals surface area contributed by atoms with Crippen LogP contribution in [0, 0.1) is 0 Å². The molecule has 12 aromatic rings. The summed E-state index contributed by atoms with van der Waals surface area (Å²) >= 11 is 3.20. The Hall–Kier alpha value is -13.0. The number of halogens is 1. The SMILES string of the molecule is C.C=CCCc1ccccc1.O=C(NO)c1ccc(CCCCc2ccccc2)cc1.O=C(NOC1CCCCO1)c1ccc(CCCCc2ccccc2)cc1.O=C(O)c1ccc(/C=C/CCc2ccccc2)cc1.O=C(O)c1ccc(Br)cc1.O=C(O)c1ccc(C/C=C/Cc2ccccc2)cc1.O=C(O)c1ccc(CCCCc2ccccc2)cc1.[HH]. The summed E-state index contributed by atoms with van der Waals surface area (Å²) in [4.78, 5) is 71.1. The van der Waals surface area contributed by atoms with Gasteiger partial charge in [-0.25, -0.2) is 35.0 Å². The topological polar surface area (TPSA) is 246 Å². The maximum atomic E-state index is 12.1. The molecule has 646 valence electrons. The Morgan fingerprint density at radius 2 is 0.637 bits per heavy atom. The number of amides is 2. The van der Waals surface area contributed by atoms with Crippen LogP contribution in [0.3, 0.4) is 0 Å². The summed E-state index contributed by atoms with van der Waals surface area (Å²) in [5.74, 6) is -4.23. The normalized spacial score (nSPS) is 11.6. The Kier molecular flexibility index (Phi) is 48.7. The predicted octanol–water partition coefficient (Wildman–Crippen LogP) is 25.4. The van der Waals surface area contributed by atoms with Gasteiger partial charge in [0.15, 0.2) is 6.29 Å². The maximum absolute atomic E-state index is 12.1. The van der Waals surface area contributed by atoms with E-state index in [9.17, 15) is 28.8 Å². The summed E-state index contributed by atoms with van der Waals surface area (Å²) in [5, 5.41) is 43.4. The number of aromatic carboxylic acids is 4. The minimum absolute atomic E-state index is 0. The van der Waals surface area contributed by atoms with Gasteiger partial charge in [0.05, 0.1) is 22.3 Å². The summed E-state index contributed by atoms with van der Waals surface area (Å²) in [6, 6.07) is 105. The first kappa shape index (κ1) is 99.9. The number of aryl methyl sites for hydroxylation is 8. The summed E-state index contributed by atoms with van der Waals surface area (Å²) in [5.41, 5.74) is 20.5. The van der Waals surface area contributed by atoms with Gasteiger partial charge in [-0.1, -0.05) is 296 Å². The van der Waals surface area contributed by atoms with E-state index < -0.39 is 29.8 Å². The molecule has 0 bridgehead atoms. The Morgan fingerprint density at radius 1 is 0.355 bits per heavy atom. The standard InChI is InChI=1S/C22H27NO3.C17H19NO2.C17H18O2.2C17H16O2.C10H12.C7H5BrO2.CH4.H2/c24-22(23-26-21-12-6-7-17-25-21)20-15-13-19(14-16-20)11-5-4-10-18-8-2-1-3-9-18;19-17(18-20)16-12-10-15(11-13-16)9-5-4-8-14-6-2-1-3-7-14;3*18-17(19)16-12-10-15(11-13-16)9-5-4-8-14-6-2-1-3-7-14;1-2-3-7-10-8-5-4-6-9-10;8-6-3-1-5(2-4-6)7(9)10;;/h1-3,8-9,13-16,21H,4-7,10-12,17H2,(H,23,24);1-3,6-7,10-13,20H,4-5,8-9H2,(H,18,19);1-3,6-7,10-13H,4-5,8-9H2,(H,18,19);1-3,5-7,9-13H,4,8H2,(H,18,19);1-7,10-13H,8-9H2,(H,18,19);2,4-6,8-9H,1,3,7H2;1-4H,(H,9,10);1H4;1H/b;;;9-5+;5-4+;;;;. The molecule has 1 fully saturated rings. The molecular weight excluding hydrogens is 1610 g/mol. The van der Waals surface area contributed by atoms with Crippen molar-refractivity contribution in [3.05, 3.63) is 458 Å².